The Hall–Kier alpha value is -2.77. The highest BCUT2D eigenvalue weighted by Gasteiger charge is 2.35. The molecule has 2 aromatic rings. The molecule has 3 N–H and O–H groups in total. The van der Waals surface area contributed by atoms with Crippen LogP contribution in [0.4, 0.5) is 0 Å². The monoisotopic (exact) mass is 341 g/mol. The molecule has 0 saturated carbocycles. The number of hydrogen-bond donors (Lipinski definition) is 3. The molecule has 2 atom stereocenters. The maximum absolute atomic E-state index is 12.4. The third-order valence-corrected chi connectivity index (χ3v) is 4.14. The minimum atomic E-state index is -1.83. The van der Waals surface area contributed by atoms with Crippen LogP contribution in [0.1, 0.15) is 16.8 Å². The summed E-state index contributed by atoms with van der Waals surface area (Å²) in [4.78, 5) is 29.8. The van der Waals surface area contributed by atoms with E-state index in [1.54, 1.807) is 24.4 Å². The van der Waals surface area contributed by atoms with Crippen LogP contribution in [0.5, 0.6) is 0 Å². The Labute approximate surface area is 144 Å². The molecule has 2 heterocycles. The number of pyridine rings is 1. The summed E-state index contributed by atoms with van der Waals surface area (Å²) in [6.07, 6.45) is -2.06. The molecule has 25 heavy (non-hydrogen) atoms. The van der Waals surface area contributed by atoms with Gasteiger partial charge in [-0.05, 0) is 23.3 Å². The predicted molar refractivity (Wildman–Crippen MR) is 88.8 cm³/mol. The number of hydrogen-bond acceptors (Lipinski definition) is 5. The molecule has 7 heteroatoms. The first-order valence-corrected chi connectivity index (χ1v) is 7.95. The van der Waals surface area contributed by atoms with Crippen LogP contribution in [0.3, 0.4) is 0 Å². The summed E-state index contributed by atoms with van der Waals surface area (Å²) in [6.45, 7) is 0.815. The molecular weight excluding hydrogens is 322 g/mol. The summed E-state index contributed by atoms with van der Waals surface area (Å²) in [5, 5.41) is 22.5. The average molecular weight is 341 g/mol. The largest absolute Gasteiger partial charge is 0.380 e. The van der Waals surface area contributed by atoms with Crippen molar-refractivity contribution in [2.75, 3.05) is 0 Å². The van der Waals surface area contributed by atoms with Gasteiger partial charge in [-0.2, -0.15) is 0 Å². The summed E-state index contributed by atoms with van der Waals surface area (Å²) < 4.78 is 0. The van der Waals surface area contributed by atoms with Crippen molar-refractivity contribution in [3.63, 3.8) is 0 Å². The number of carbonyl (C=O) groups is 2. The highest BCUT2D eigenvalue weighted by atomic mass is 16.3. The standard InChI is InChI=1S/C18H19N3O4/c22-15(17(24)20-9-14-7-3-4-8-19-14)16(23)18(25)21-10-12-5-1-2-6-13(12)11-21/h1-8,15-16,22-23H,9-11H2,(H,20,24)/t15-,16-/m1/s1. The fraction of sp³-hybridized carbons (Fsp3) is 0.278. The highest BCUT2D eigenvalue weighted by molar-refractivity contribution is 5.90. The molecule has 0 bridgehead atoms. The molecule has 7 nitrogen and oxygen atoms in total. The molecule has 0 spiro atoms. The van der Waals surface area contributed by atoms with E-state index in [0.717, 1.165) is 11.1 Å². The van der Waals surface area contributed by atoms with E-state index >= 15 is 0 Å². The summed E-state index contributed by atoms with van der Waals surface area (Å²) in [7, 11) is 0. The Morgan fingerprint density at radius 2 is 1.68 bits per heavy atom. The van der Waals surface area contributed by atoms with Crippen LogP contribution in [0.25, 0.3) is 0 Å². The average Bonchev–Trinajstić information content (AvgIpc) is 3.09. The number of amides is 2. The molecule has 0 fully saturated rings. The second kappa shape index (κ2) is 7.42. The van der Waals surface area contributed by atoms with Gasteiger partial charge in [0.15, 0.2) is 12.2 Å². The molecule has 1 aromatic carbocycles. The maximum Gasteiger partial charge on any atom is 0.255 e. The number of benzene rings is 1. The molecule has 0 saturated heterocycles. The van der Waals surface area contributed by atoms with Gasteiger partial charge in [-0.15, -0.1) is 0 Å². The van der Waals surface area contributed by atoms with Gasteiger partial charge < -0.3 is 20.4 Å². The highest BCUT2D eigenvalue weighted by Crippen LogP contribution is 2.23. The van der Waals surface area contributed by atoms with Gasteiger partial charge >= 0.3 is 0 Å². The van der Waals surface area contributed by atoms with Crippen LogP contribution in [0.2, 0.25) is 0 Å². The van der Waals surface area contributed by atoms with Crippen LogP contribution in [0, 0.1) is 0 Å². The third-order valence-electron chi connectivity index (χ3n) is 4.14. The normalized spacial score (nSPS) is 15.4. The number of nitrogens with zero attached hydrogens (tertiary/aromatic N) is 2. The Bertz CT molecular complexity index is 741. The minimum absolute atomic E-state index is 0.104. The molecule has 1 aromatic heterocycles. The van der Waals surface area contributed by atoms with Crippen molar-refractivity contribution in [3.8, 4) is 0 Å². The van der Waals surface area contributed by atoms with E-state index < -0.39 is 24.0 Å². The number of carbonyl (C=O) groups excluding carboxylic acids is 2. The lowest BCUT2D eigenvalue weighted by Crippen LogP contribution is -2.49. The lowest BCUT2D eigenvalue weighted by Gasteiger charge is -2.22. The maximum atomic E-state index is 12.4. The van der Waals surface area contributed by atoms with Gasteiger partial charge in [0.25, 0.3) is 11.8 Å². The molecular formula is C18H19N3O4. The van der Waals surface area contributed by atoms with Gasteiger partial charge in [-0.25, -0.2) is 0 Å². The zero-order valence-corrected chi connectivity index (χ0v) is 13.5. The summed E-state index contributed by atoms with van der Waals surface area (Å²) >= 11 is 0. The van der Waals surface area contributed by atoms with Gasteiger partial charge in [0.1, 0.15) is 0 Å². The quantitative estimate of drug-likeness (QED) is 0.708. The molecule has 0 radical (unpaired) electrons. The van der Waals surface area contributed by atoms with E-state index in [-0.39, 0.29) is 6.54 Å². The van der Waals surface area contributed by atoms with Crippen molar-refractivity contribution in [1.29, 1.82) is 0 Å². The number of aliphatic hydroxyl groups excluding tert-OH is 2. The van der Waals surface area contributed by atoms with Gasteiger partial charge in [-0.1, -0.05) is 30.3 Å². The number of aromatic nitrogens is 1. The van der Waals surface area contributed by atoms with Crippen molar-refractivity contribution in [3.05, 3.63) is 65.5 Å². The number of rotatable bonds is 5. The van der Waals surface area contributed by atoms with Crippen molar-refractivity contribution in [2.24, 2.45) is 0 Å². The van der Waals surface area contributed by atoms with E-state index in [1.165, 1.54) is 4.90 Å². The molecule has 1 aliphatic rings. The zero-order chi connectivity index (χ0) is 17.8. The summed E-state index contributed by atoms with van der Waals surface area (Å²) in [5.41, 5.74) is 2.60. The fourth-order valence-electron chi connectivity index (χ4n) is 2.74. The SMILES string of the molecule is O=C(NCc1ccccn1)[C@H](O)[C@@H](O)C(=O)N1Cc2ccccc2C1. The smallest absolute Gasteiger partial charge is 0.255 e. The van der Waals surface area contributed by atoms with E-state index in [4.69, 9.17) is 0 Å². The van der Waals surface area contributed by atoms with E-state index in [2.05, 4.69) is 10.3 Å². The van der Waals surface area contributed by atoms with Gasteiger partial charge in [0.2, 0.25) is 0 Å². The van der Waals surface area contributed by atoms with E-state index in [0.29, 0.717) is 18.8 Å². The third kappa shape index (κ3) is 3.84. The lowest BCUT2D eigenvalue weighted by molar-refractivity contribution is -0.153. The van der Waals surface area contributed by atoms with Crippen LogP contribution in [-0.4, -0.2) is 44.1 Å². The molecule has 130 valence electrons. The Kier molecular flexibility index (Phi) is 5.06. The van der Waals surface area contributed by atoms with E-state index in [9.17, 15) is 19.8 Å². The zero-order valence-electron chi connectivity index (χ0n) is 13.5. The molecule has 0 aliphatic carbocycles. The van der Waals surface area contributed by atoms with Crippen LogP contribution < -0.4 is 5.32 Å². The number of aliphatic hydroxyl groups is 2. The van der Waals surface area contributed by atoms with Crippen LogP contribution in [0.15, 0.2) is 48.7 Å². The van der Waals surface area contributed by atoms with Gasteiger partial charge in [0.05, 0.1) is 12.2 Å². The minimum Gasteiger partial charge on any atom is -0.380 e. The fourth-order valence-corrected chi connectivity index (χ4v) is 2.74. The molecule has 0 unspecified atom stereocenters. The van der Waals surface area contributed by atoms with Crippen LogP contribution >= 0.6 is 0 Å². The van der Waals surface area contributed by atoms with E-state index in [1.807, 2.05) is 24.3 Å². The molecule has 2 amide bonds. The summed E-state index contributed by atoms with van der Waals surface area (Å²) in [5.74, 6) is -1.49. The first kappa shape index (κ1) is 17.1. The van der Waals surface area contributed by atoms with Crippen molar-refractivity contribution in [2.45, 2.75) is 31.8 Å². The van der Waals surface area contributed by atoms with Crippen LogP contribution in [-0.2, 0) is 29.2 Å². The van der Waals surface area contributed by atoms with Crippen molar-refractivity contribution in [1.82, 2.24) is 15.2 Å². The second-order valence-electron chi connectivity index (χ2n) is 5.89. The van der Waals surface area contributed by atoms with Crippen molar-refractivity contribution >= 4 is 11.8 Å². The second-order valence-corrected chi connectivity index (χ2v) is 5.89. The molecule has 3 rings (SSSR count). The van der Waals surface area contributed by atoms with Gasteiger partial charge in [0, 0.05) is 19.3 Å². The predicted octanol–water partition coefficient (Wildman–Crippen LogP) is -0.0380. The Balaban J connectivity index is 1.55. The first-order valence-electron chi connectivity index (χ1n) is 7.95. The lowest BCUT2D eigenvalue weighted by atomic mass is 10.1. The summed E-state index contributed by atoms with van der Waals surface area (Å²) in [6, 6.07) is 12.8. The topological polar surface area (TPSA) is 103 Å². The van der Waals surface area contributed by atoms with Crippen molar-refractivity contribution < 1.29 is 19.8 Å². The Morgan fingerprint density at radius 1 is 1.04 bits per heavy atom. The first-order chi connectivity index (χ1) is 12.1. The Morgan fingerprint density at radius 3 is 2.28 bits per heavy atom. The van der Waals surface area contributed by atoms with Gasteiger partial charge in [-0.3, -0.25) is 14.6 Å². The molecule has 1 aliphatic heterocycles. The number of nitrogens with one attached hydrogen (secondary N) is 1. The number of fused-ring (bicyclic) bond motifs is 1.